The van der Waals surface area contributed by atoms with Crippen LogP contribution in [-0.4, -0.2) is 30.5 Å². The number of carbonyl (C=O) groups is 3. The number of amides is 2. The molecule has 0 fully saturated rings. The van der Waals surface area contributed by atoms with Crippen LogP contribution in [0.1, 0.15) is 130 Å². The largest absolute Gasteiger partial charge is 0.345 e. The minimum atomic E-state index is -2.05. The van der Waals surface area contributed by atoms with Gasteiger partial charge in [-0.05, 0) is 159 Å². The van der Waals surface area contributed by atoms with Crippen molar-refractivity contribution in [1.82, 2.24) is 9.13 Å². The van der Waals surface area contributed by atoms with Gasteiger partial charge in [-0.2, -0.15) is 0 Å². The number of hydrogen-bond donors (Lipinski definition) is 0. The van der Waals surface area contributed by atoms with Gasteiger partial charge in [0.15, 0.2) is 0 Å². The Labute approximate surface area is 390 Å². The summed E-state index contributed by atoms with van der Waals surface area (Å²) < 4.78 is 2.01. The van der Waals surface area contributed by atoms with E-state index in [2.05, 4.69) is 73.1 Å². The number of allylic oxidation sites excluding steroid dienone is 4. The number of anilines is 2. The molecule has 2 aliphatic heterocycles. The molecule has 4 heterocycles. The van der Waals surface area contributed by atoms with Crippen molar-refractivity contribution >= 4 is 74.9 Å². The predicted molar refractivity (Wildman–Crippen MR) is 261 cm³/mol. The third kappa shape index (κ3) is 8.91. The molecule has 7 nitrogen and oxygen atoms in total. The maximum absolute atomic E-state index is 13.8. The van der Waals surface area contributed by atoms with Crippen LogP contribution in [0.2, 0.25) is 0 Å². The van der Waals surface area contributed by atoms with Gasteiger partial charge >= 0.3 is 0 Å². The molecule has 0 saturated heterocycles. The SMILES string of the molecule is CC1=C(c2ccc(C(=O)N3Cc4ccc(C(=O)C(Cl)(Cl)Cl)n4Cc4ccccc43)cc2)CCCC1.CC1=C(c2ccc(C(=O)N3Cc4cccn4Cc4ccccc43)cc2)CCCC1. The standard InChI is InChI=1S/C28H25Cl3N2O2.C26H26N2O/c1-18-6-2-4-8-23(18)19-10-12-20(13-11-19)27(35)33-17-22-14-15-25(26(34)28(29,30)31)32(22)16-21-7-3-5-9-24(21)33;1-19-7-2-4-10-24(19)20-12-14-21(15-13-20)26(29)28-18-23-9-6-16-27(23)17-22-8-3-5-11-25(22)28/h3,5,7,9-15H,2,4,6,8,16-17H2,1H3;3,5-6,8-9,11-16H,2,4,7,10,17-18H2,1H3. The molecule has 0 N–H and O–H groups in total. The van der Waals surface area contributed by atoms with Crippen molar-refractivity contribution in [3.05, 3.63) is 189 Å². The molecule has 0 bridgehead atoms. The van der Waals surface area contributed by atoms with Crippen molar-refractivity contribution in [2.45, 2.75) is 95.2 Å². The van der Waals surface area contributed by atoms with Gasteiger partial charge in [0.25, 0.3) is 15.6 Å². The van der Waals surface area contributed by atoms with E-state index in [1.165, 1.54) is 71.1 Å². The normalized spacial score (nSPS) is 16.1. The van der Waals surface area contributed by atoms with Crippen LogP contribution in [0, 0.1) is 0 Å². The Hall–Kier alpha value is -5.60. The first-order valence-electron chi connectivity index (χ1n) is 22.3. The highest BCUT2D eigenvalue weighted by atomic mass is 35.6. The summed E-state index contributed by atoms with van der Waals surface area (Å²) in [6, 6.07) is 39.8. The Morgan fingerprint density at radius 2 is 0.984 bits per heavy atom. The smallest absolute Gasteiger partial charge is 0.258 e. The molecule has 10 rings (SSSR count). The molecule has 4 aliphatic rings. The Morgan fingerprint density at radius 1 is 0.500 bits per heavy atom. The number of Topliss-reactive ketones (excluding diaryl/α,β-unsaturated/α-hetero) is 1. The number of halogens is 3. The monoisotopic (exact) mass is 908 g/mol. The number of rotatable bonds is 5. The van der Waals surface area contributed by atoms with E-state index in [9.17, 15) is 14.4 Å². The van der Waals surface area contributed by atoms with Crippen LogP contribution in [0.15, 0.2) is 139 Å². The highest BCUT2D eigenvalue weighted by Crippen LogP contribution is 2.37. The lowest BCUT2D eigenvalue weighted by Crippen LogP contribution is -2.30. The molecule has 0 saturated carbocycles. The summed E-state index contributed by atoms with van der Waals surface area (Å²) in [5, 5.41) is 0. The quantitative estimate of drug-likeness (QED) is 0.128. The van der Waals surface area contributed by atoms with Crippen LogP contribution in [0.4, 0.5) is 11.4 Å². The number of fused-ring (bicyclic) bond motifs is 4. The number of hydrogen-bond acceptors (Lipinski definition) is 3. The van der Waals surface area contributed by atoms with E-state index >= 15 is 0 Å². The highest BCUT2D eigenvalue weighted by molar-refractivity contribution is 6.77. The number of para-hydroxylation sites is 2. The van der Waals surface area contributed by atoms with Crippen molar-refractivity contribution < 1.29 is 14.4 Å². The molecule has 0 atom stereocenters. The van der Waals surface area contributed by atoms with E-state index in [4.69, 9.17) is 34.8 Å². The minimum Gasteiger partial charge on any atom is -0.345 e. The van der Waals surface area contributed by atoms with E-state index in [0.29, 0.717) is 30.9 Å². The summed E-state index contributed by atoms with van der Waals surface area (Å²) in [6.07, 6.45) is 11.7. The van der Waals surface area contributed by atoms with Crippen LogP contribution in [0.5, 0.6) is 0 Å². The van der Waals surface area contributed by atoms with E-state index < -0.39 is 9.58 Å². The van der Waals surface area contributed by atoms with Gasteiger partial charge in [-0.1, -0.05) is 107 Å². The molecule has 2 amide bonds. The number of aromatic nitrogens is 2. The first-order chi connectivity index (χ1) is 30.9. The minimum absolute atomic E-state index is 0.0630. The molecule has 0 unspecified atom stereocenters. The molecular formula is C54H51Cl3N4O3. The molecular weight excluding hydrogens is 859 g/mol. The summed E-state index contributed by atoms with van der Waals surface area (Å²) >= 11 is 17.7. The predicted octanol–water partition coefficient (Wildman–Crippen LogP) is 13.6. The van der Waals surface area contributed by atoms with Gasteiger partial charge in [0.2, 0.25) is 5.78 Å². The van der Waals surface area contributed by atoms with E-state index in [-0.39, 0.29) is 11.8 Å². The molecule has 0 radical (unpaired) electrons. The second-order valence-electron chi connectivity index (χ2n) is 17.4. The number of carbonyl (C=O) groups excluding carboxylic acids is 3. The van der Waals surface area contributed by atoms with Gasteiger partial charge in [-0.15, -0.1) is 0 Å². The first kappa shape index (κ1) is 43.6. The molecule has 0 spiro atoms. The number of benzene rings is 4. The summed E-state index contributed by atoms with van der Waals surface area (Å²) in [7, 11) is 0. The lowest BCUT2D eigenvalue weighted by Gasteiger charge is -2.23. The molecule has 64 heavy (non-hydrogen) atoms. The maximum atomic E-state index is 13.8. The lowest BCUT2D eigenvalue weighted by molar-refractivity contribution is 0.0977. The molecule has 4 aromatic carbocycles. The van der Waals surface area contributed by atoms with E-state index in [1.807, 2.05) is 76.2 Å². The maximum Gasteiger partial charge on any atom is 0.258 e. The first-order valence-corrected chi connectivity index (χ1v) is 23.4. The Kier molecular flexibility index (Phi) is 12.6. The van der Waals surface area contributed by atoms with Crippen molar-refractivity contribution in [3.8, 4) is 0 Å². The topological polar surface area (TPSA) is 67.6 Å². The zero-order valence-electron chi connectivity index (χ0n) is 36.3. The number of ketones is 1. The number of alkyl halides is 3. The molecule has 2 aromatic heterocycles. The van der Waals surface area contributed by atoms with Gasteiger partial charge < -0.3 is 18.9 Å². The van der Waals surface area contributed by atoms with Crippen LogP contribution < -0.4 is 9.80 Å². The third-order valence-electron chi connectivity index (χ3n) is 13.3. The van der Waals surface area contributed by atoms with Crippen molar-refractivity contribution in [3.63, 3.8) is 0 Å². The molecule has 6 aromatic rings. The average molecular weight is 910 g/mol. The van der Waals surface area contributed by atoms with Crippen LogP contribution >= 0.6 is 34.8 Å². The molecule has 326 valence electrons. The van der Waals surface area contributed by atoms with Gasteiger partial charge in [0.05, 0.1) is 25.3 Å². The van der Waals surface area contributed by atoms with E-state index in [0.717, 1.165) is 59.7 Å². The fraction of sp³-hybridized carbons (Fsp3) is 0.278. The van der Waals surface area contributed by atoms with E-state index in [1.54, 1.807) is 11.0 Å². The van der Waals surface area contributed by atoms with Crippen LogP contribution in [0.25, 0.3) is 11.1 Å². The Balaban J connectivity index is 0.000000165. The van der Waals surface area contributed by atoms with Crippen molar-refractivity contribution in [2.24, 2.45) is 0 Å². The highest BCUT2D eigenvalue weighted by Gasteiger charge is 2.36. The summed E-state index contributed by atoms with van der Waals surface area (Å²) in [5.74, 6) is -0.621. The Bertz CT molecular complexity index is 2810. The second-order valence-corrected chi connectivity index (χ2v) is 19.7. The third-order valence-corrected chi connectivity index (χ3v) is 13.8. The lowest BCUT2D eigenvalue weighted by atomic mass is 9.88. The van der Waals surface area contributed by atoms with Crippen molar-refractivity contribution in [1.29, 1.82) is 0 Å². The molecule has 2 aliphatic carbocycles. The zero-order chi connectivity index (χ0) is 44.5. The summed E-state index contributed by atoms with van der Waals surface area (Å²) in [6.45, 7) is 6.55. The van der Waals surface area contributed by atoms with Gasteiger partial charge in [0.1, 0.15) is 0 Å². The summed E-state index contributed by atoms with van der Waals surface area (Å²) in [5.41, 5.74) is 15.8. The fourth-order valence-electron chi connectivity index (χ4n) is 9.79. The number of nitrogens with zero attached hydrogens (tertiary/aromatic N) is 4. The van der Waals surface area contributed by atoms with Gasteiger partial charge in [0, 0.05) is 46.6 Å². The Morgan fingerprint density at radius 3 is 1.50 bits per heavy atom. The van der Waals surface area contributed by atoms with Gasteiger partial charge in [-0.3, -0.25) is 14.4 Å². The van der Waals surface area contributed by atoms with Gasteiger partial charge in [-0.25, -0.2) is 0 Å². The van der Waals surface area contributed by atoms with Crippen LogP contribution in [0.3, 0.4) is 0 Å². The average Bonchev–Trinajstić information content (AvgIpc) is 3.83. The fourth-order valence-corrected chi connectivity index (χ4v) is 10.1. The summed E-state index contributed by atoms with van der Waals surface area (Å²) in [4.78, 5) is 43.7. The second kappa shape index (κ2) is 18.5. The van der Waals surface area contributed by atoms with Crippen molar-refractivity contribution in [2.75, 3.05) is 9.80 Å². The zero-order valence-corrected chi connectivity index (χ0v) is 38.5. The van der Waals surface area contributed by atoms with Crippen LogP contribution in [-0.2, 0) is 26.2 Å². The molecule has 10 heteroatoms.